The van der Waals surface area contributed by atoms with Gasteiger partial charge in [0.25, 0.3) is 0 Å². The molecule has 0 saturated heterocycles. The van der Waals surface area contributed by atoms with Gasteiger partial charge in [-0.25, -0.2) is 0 Å². The molecule has 20 heavy (non-hydrogen) atoms. The number of hydrogen-bond acceptors (Lipinski definition) is 3. The van der Waals surface area contributed by atoms with E-state index in [4.69, 9.17) is 4.74 Å². The van der Waals surface area contributed by atoms with Crippen molar-refractivity contribution in [2.24, 2.45) is 0 Å². The van der Waals surface area contributed by atoms with Crippen LogP contribution in [0.25, 0.3) is 0 Å². The summed E-state index contributed by atoms with van der Waals surface area (Å²) in [5.41, 5.74) is 1.52. The normalized spacial score (nSPS) is 14.9. The molecular weight excluding hydrogens is 250 g/mol. The first-order chi connectivity index (χ1) is 9.14. The summed E-state index contributed by atoms with van der Waals surface area (Å²) in [4.78, 5) is 0. The summed E-state index contributed by atoms with van der Waals surface area (Å²) in [5, 5.41) is 13.6. The highest BCUT2D eigenvalue weighted by molar-refractivity contribution is 5.40. The molecule has 3 heteroatoms. The van der Waals surface area contributed by atoms with Gasteiger partial charge in [0.05, 0.1) is 5.60 Å². The first-order valence-corrected chi connectivity index (χ1v) is 7.33. The first-order valence-electron chi connectivity index (χ1n) is 7.33. The monoisotopic (exact) mass is 279 g/mol. The van der Waals surface area contributed by atoms with Gasteiger partial charge >= 0.3 is 0 Å². The van der Waals surface area contributed by atoms with Gasteiger partial charge in [-0.15, -0.1) is 0 Å². The molecule has 0 saturated carbocycles. The van der Waals surface area contributed by atoms with Crippen molar-refractivity contribution in [3.8, 4) is 5.75 Å². The minimum absolute atomic E-state index is 0.0654. The van der Waals surface area contributed by atoms with Crippen molar-refractivity contribution in [1.29, 1.82) is 0 Å². The lowest BCUT2D eigenvalue weighted by molar-refractivity contribution is 0.00793. The van der Waals surface area contributed by atoms with Crippen LogP contribution in [0.3, 0.4) is 0 Å². The van der Waals surface area contributed by atoms with E-state index in [1.807, 2.05) is 26.0 Å². The minimum atomic E-state index is -0.781. The van der Waals surface area contributed by atoms with Crippen LogP contribution in [0, 0.1) is 6.92 Å². The number of nitrogens with one attached hydrogen (secondary N) is 1. The molecule has 0 heterocycles. The molecule has 0 spiro atoms. The minimum Gasteiger partial charge on any atom is -0.490 e. The van der Waals surface area contributed by atoms with Crippen molar-refractivity contribution < 1.29 is 9.84 Å². The molecule has 2 N–H and O–H groups in total. The van der Waals surface area contributed by atoms with E-state index in [0.29, 0.717) is 13.0 Å². The zero-order valence-corrected chi connectivity index (χ0v) is 13.7. The maximum absolute atomic E-state index is 10.1. The Morgan fingerprint density at radius 1 is 1.20 bits per heavy atom. The van der Waals surface area contributed by atoms with Crippen LogP contribution in [0.2, 0.25) is 0 Å². The van der Waals surface area contributed by atoms with Gasteiger partial charge in [-0.3, -0.25) is 0 Å². The highest BCUT2D eigenvalue weighted by atomic mass is 16.5. The van der Waals surface area contributed by atoms with Gasteiger partial charge in [-0.1, -0.05) is 25.1 Å². The average Bonchev–Trinajstić information content (AvgIpc) is 2.34. The second-order valence-electron chi connectivity index (χ2n) is 6.81. The molecule has 0 radical (unpaired) electrons. The molecule has 1 aromatic rings. The topological polar surface area (TPSA) is 41.5 Å². The fourth-order valence-corrected chi connectivity index (χ4v) is 1.75. The number of para-hydroxylation sites is 1. The van der Waals surface area contributed by atoms with Crippen LogP contribution < -0.4 is 10.1 Å². The smallest absolute Gasteiger partial charge is 0.126 e. The van der Waals surface area contributed by atoms with Crippen molar-refractivity contribution in [2.75, 3.05) is 6.61 Å². The third-order valence-corrected chi connectivity index (χ3v) is 3.39. The van der Waals surface area contributed by atoms with E-state index in [-0.39, 0.29) is 5.54 Å². The molecular formula is C17H29NO2. The summed E-state index contributed by atoms with van der Waals surface area (Å²) in [6.07, 6.45) is 0.675. The van der Waals surface area contributed by atoms with E-state index in [9.17, 15) is 5.11 Å². The molecule has 1 unspecified atom stereocenters. The lowest BCUT2D eigenvalue weighted by Gasteiger charge is -2.25. The summed E-state index contributed by atoms with van der Waals surface area (Å²) in [5.74, 6) is 0.887. The molecule has 0 aromatic heterocycles. The second-order valence-corrected chi connectivity index (χ2v) is 6.81. The molecule has 1 aromatic carbocycles. The largest absolute Gasteiger partial charge is 0.490 e. The predicted octanol–water partition coefficient (Wildman–Crippen LogP) is 3.42. The second kappa shape index (κ2) is 6.59. The van der Waals surface area contributed by atoms with Gasteiger partial charge in [0.1, 0.15) is 12.4 Å². The van der Waals surface area contributed by atoms with Crippen molar-refractivity contribution >= 4 is 0 Å². The molecule has 3 nitrogen and oxygen atoms in total. The highest BCUT2D eigenvalue weighted by Gasteiger charge is 2.20. The van der Waals surface area contributed by atoms with Gasteiger partial charge in [0, 0.05) is 17.6 Å². The summed E-state index contributed by atoms with van der Waals surface area (Å²) in [7, 11) is 0. The van der Waals surface area contributed by atoms with Crippen LogP contribution in [0.5, 0.6) is 5.75 Å². The van der Waals surface area contributed by atoms with E-state index in [0.717, 1.165) is 23.4 Å². The number of hydrogen-bond donors (Lipinski definition) is 2. The lowest BCUT2D eigenvalue weighted by Crippen LogP contribution is -2.35. The Bertz CT molecular complexity index is 433. The number of aliphatic hydroxyl groups is 1. The molecule has 0 fully saturated rings. The molecule has 0 aliphatic rings. The lowest BCUT2D eigenvalue weighted by atomic mass is 10.0. The molecule has 0 aliphatic carbocycles. The van der Waals surface area contributed by atoms with Gasteiger partial charge in [-0.2, -0.15) is 0 Å². The average molecular weight is 279 g/mol. The number of rotatable bonds is 6. The van der Waals surface area contributed by atoms with Crippen LogP contribution >= 0.6 is 0 Å². The van der Waals surface area contributed by atoms with Crippen LogP contribution in [-0.4, -0.2) is 22.9 Å². The van der Waals surface area contributed by atoms with Gasteiger partial charge < -0.3 is 15.2 Å². The van der Waals surface area contributed by atoms with Gasteiger partial charge in [-0.05, 0) is 46.6 Å². The van der Waals surface area contributed by atoms with Crippen molar-refractivity contribution in [1.82, 2.24) is 5.32 Å². The number of ether oxygens (including phenoxy) is 1. The maximum Gasteiger partial charge on any atom is 0.126 e. The van der Waals surface area contributed by atoms with Gasteiger partial charge in [0.15, 0.2) is 0 Å². The number of benzene rings is 1. The van der Waals surface area contributed by atoms with Crippen LogP contribution in [0.15, 0.2) is 18.2 Å². The Morgan fingerprint density at radius 2 is 1.85 bits per heavy atom. The molecule has 0 amide bonds. The summed E-state index contributed by atoms with van der Waals surface area (Å²) >= 11 is 0. The molecule has 114 valence electrons. The van der Waals surface area contributed by atoms with E-state index in [1.165, 1.54) is 0 Å². The van der Waals surface area contributed by atoms with Crippen LogP contribution in [0.1, 0.15) is 52.2 Å². The fourth-order valence-electron chi connectivity index (χ4n) is 1.75. The molecule has 0 aliphatic heterocycles. The first kappa shape index (κ1) is 17.0. The van der Waals surface area contributed by atoms with Crippen molar-refractivity contribution in [2.45, 2.75) is 65.6 Å². The van der Waals surface area contributed by atoms with Crippen LogP contribution in [-0.2, 0) is 6.54 Å². The van der Waals surface area contributed by atoms with E-state index >= 15 is 0 Å². The van der Waals surface area contributed by atoms with E-state index in [2.05, 4.69) is 32.2 Å². The summed E-state index contributed by atoms with van der Waals surface area (Å²) in [6, 6.07) is 6.15. The Morgan fingerprint density at radius 3 is 2.40 bits per heavy atom. The maximum atomic E-state index is 10.1. The highest BCUT2D eigenvalue weighted by Crippen LogP contribution is 2.25. The van der Waals surface area contributed by atoms with Gasteiger partial charge in [0.2, 0.25) is 0 Å². The van der Waals surface area contributed by atoms with Crippen molar-refractivity contribution in [3.05, 3.63) is 29.3 Å². The zero-order chi connectivity index (χ0) is 15.4. The third-order valence-electron chi connectivity index (χ3n) is 3.39. The quantitative estimate of drug-likeness (QED) is 0.838. The molecule has 0 bridgehead atoms. The number of aryl methyl sites for hydroxylation is 1. The van der Waals surface area contributed by atoms with E-state index in [1.54, 1.807) is 6.92 Å². The Balaban J connectivity index is 2.83. The zero-order valence-electron chi connectivity index (χ0n) is 13.7. The molecule has 1 rings (SSSR count). The standard InChI is InChI=1S/C17H29NO2/c1-7-17(6,19)12-20-15-13(2)9-8-10-14(15)11-18-16(3,4)5/h8-10,18-19H,7,11-12H2,1-6H3. The predicted molar refractivity (Wildman–Crippen MR) is 84.2 cm³/mol. The Hall–Kier alpha value is -1.06. The summed E-state index contributed by atoms with van der Waals surface area (Å²) in [6.45, 7) is 13.3. The molecule has 1 atom stereocenters. The van der Waals surface area contributed by atoms with Crippen LogP contribution in [0.4, 0.5) is 0 Å². The third kappa shape index (κ3) is 5.51. The Kier molecular flexibility index (Phi) is 5.60. The van der Waals surface area contributed by atoms with Crippen molar-refractivity contribution in [3.63, 3.8) is 0 Å². The van der Waals surface area contributed by atoms with E-state index < -0.39 is 5.60 Å². The summed E-state index contributed by atoms with van der Waals surface area (Å²) < 4.78 is 5.90. The SMILES string of the molecule is CCC(C)(O)COc1c(C)cccc1CNC(C)(C)C. The Labute approximate surface area is 123 Å². The fraction of sp³-hybridized carbons (Fsp3) is 0.647.